The number of rotatable bonds is 8. The molecule has 0 saturated carbocycles. The van der Waals surface area contributed by atoms with Gasteiger partial charge in [0.25, 0.3) is 0 Å². The zero-order valence-corrected chi connectivity index (χ0v) is 20.0. The van der Waals surface area contributed by atoms with E-state index in [0.717, 1.165) is 48.7 Å². The van der Waals surface area contributed by atoms with Gasteiger partial charge in [0.15, 0.2) is 6.61 Å². The molecule has 0 radical (unpaired) electrons. The summed E-state index contributed by atoms with van der Waals surface area (Å²) in [5, 5.41) is 20.4. The van der Waals surface area contributed by atoms with Crippen molar-refractivity contribution in [2.24, 2.45) is 0 Å². The third-order valence-electron chi connectivity index (χ3n) is 5.87. The number of carbonyl (C=O) groups is 1. The maximum Gasteiger partial charge on any atom is 0.341 e. The average Bonchev–Trinajstić information content (AvgIpc) is 3.11. The SMILES string of the molecule is O=C(O)COc1cc(OCC(O)CN2CCC3(CC2)Cc2cc(Cl)ccc2O3)c(Cl)cc1Cl. The molecule has 7 nitrogen and oxygen atoms in total. The van der Waals surface area contributed by atoms with Crippen molar-refractivity contribution in [3.8, 4) is 17.2 Å². The molecule has 2 aliphatic heterocycles. The lowest BCUT2D eigenvalue weighted by Crippen LogP contribution is -2.49. The molecular formula is C23H24Cl3NO6. The minimum atomic E-state index is -1.13. The van der Waals surface area contributed by atoms with Gasteiger partial charge in [-0.3, -0.25) is 0 Å². The number of nitrogens with zero attached hydrogens (tertiary/aromatic N) is 1. The van der Waals surface area contributed by atoms with Crippen molar-refractivity contribution >= 4 is 40.8 Å². The van der Waals surface area contributed by atoms with Crippen LogP contribution in [0, 0.1) is 0 Å². The van der Waals surface area contributed by atoms with E-state index >= 15 is 0 Å². The van der Waals surface area contributed by atoms with E-state index in [1.807, 2.05) is 18.2 Å². The number of ether oxygens (including phenoxy) is 3. The van der Waals surface area contributed by atoms with Gasteiger partial charge < -0.3 is 29.3 Å². The summed E-state index contributed by atoms with van der Waals surface area (Å²) in [4.78, 5) is 12.9. The van der Waals surface area contributed by atoms with E-state index < -0.39 is 18.7 Å². The summed E-state index contributed by atoms with van der Waals surface area (Å²) in [5.74, 6) is 0.188. The maximum atomic E-state index is 10.7. The van der Waals surface area contributed by atoms with E-state index in [1.165, 1.54) is 12.1 Å². The Morgan fingerprint density at radius 3 is 2.48 bits per heavy atom. The van der Waals surface area contributed by atoms with Crippen molar-refractivity contribution in [3.05, 3.63) is 51.0 Å². The first-order valence-electron chi connectivity index (χ1n) is 10.6. The summed E-state index contributed by atoms with van der Waals surface area (Å²) >= 11 is 18.3. The summed E-state index contributed by atoms with van der Waals surface area (Å²) in [6.45, 7) is 1.52. The highest BCUT2D eigenvalue weighted by Gasteiger charge is 2.42. The quantitative estimate of drug-likeness (QED) is 0.540. The standard InChI is InChI=1S/C23H24Cl3NO6/c24-15-1-2-19-14(7-15)10-23(33-19)3-5-27(6-4-23)11-16(28)12-31-20-9-21(32-13-22(29)30)18(26)8-17(20)25/h1-2,7-9,16,28H,3-6,10-13H2,(H,29,30). The third-order valence-corrected chi connectivity index (χ3v) is 6.69. The Labute approximate surface area is 206 Å². The summed E-state index contributed by atoms with van der Waals surface area (Å²) < 4.78 is 17.1. The molecule has 2 aromatic carbocycles. The lowest BCUT2D eigenvalue weighted by Gasteiger charge is -2.39. The van der Waals surface area contributed by atoms with E-state index in [1.54, 1.807) is 0 Å². The fraction of sp³-hybridized carbons (Fsp3) is 0.435. The fourth-order valence-corrected chi connectivity index (χ4v) is 4.92. The van der Waals surface area contributed by atoms with Crippen LogP contribution in [-0.2, 0) is 11.2 Å². The molecule has 2 heterocycles. The van der Waals surface area contributed by atoms with E-state index in [4.69, 9.17) is 54.1 Å². The molecule has 0 aromatic heterocycles. The van der Waals surface area contributed by atoms with Crippen LogP contribution in [-0.4, -0.2) is 65.6 Å². The number of carboxylic acids is 1. The van der Waals surface area contributed by atoms with Crippen LogP contribution in [0.5, 0.6) is 17.2 Å². The van der Waals surface area contributed by atoms with Gasteiger partial charge >= 0.3 is 5.97 Å². The Hall–Kier alpha value is -1.90. The van der Waals surface area contributed by atoms with Gasteiger partial charge in [0.2, 0.25) is 0 Å². The number of carboxylic acid groups (broad SMARTS) is 1. The van der Waals surface area contributed by atoms with Gasteiger partial charge in [0.1, 0.15) is 35.6 Å². The highest BCUT2D eigenvalue weighted by Crippen LogP contribution is 2.42. The van der Waals surface area contributed by atoms with Crippen LogP contribution in [0.25, 0.3) is 0 Å². The molecule has 2 aromatic rings. The molecule has 1 fully saturated rings. The number of fused-ring (bicyclic) bond motifs is 1. The molecule has 0 bridgehead atoms. The Morgan fingerprint density at radius 1 is 1.09 bits per heavy atom. The van der Waals surface area contributed by atoms with Gasteiger partial charge in [-0.1, -0.05) is 34.8 Å². The molecule has 1 atom stereocenters. The predicted octanol–water partition coefficient (Wildman–Crippen LogP) is 4.32. The van der Waals surface area contributed by atoms with Crippen LogP contribution < -0.4 is 14.2 Å². The van der Waals surface area contributed by atoms with Crippen LogP contribution in [0.1, 0.15) is 18.4 Å². The number of piperidine rings is 1. The van der Waals surface area contributed by atoms with Crippen molar-refractivity contribution in [2.45, 2.75) is 31.0 Å². The second-order valence-electron chi connectivity index (χ2n) is 8.37. The summed E-state index contributed by atoms with van der Waals surface area (Å²) in [6, 6.07) is 8.59. The molecule has 1 saturated heterocycles. The number of halogens is 3. The van der Waals surface area contributed by atoms with Crippen molar-refractivity contribution in [1.82, 2.24) is 4.90 Å². The molecule has 4 rings (SSSR count). The Kier molecular flexibility index (Phi) is 7.46. The number of aliphatic carboxylic acids is 1. The summed E-state index contributed by atoms with van der Waals surface area (Å²) in [6.07, 6.45) is 1.83. The number of β-amino-alcohol motifs (C(OH)–C–C–N with tert-alkyl or cyclic N) is 1. The lowest BCUT2D eigenvalue weighted by atomic mass is 9.87. The van der Waals surface area contributed by atoms with Crippen LogP contribution in [0.4, 0.5) is 0 Å². The van der Waals surface area contributed by atoms with Crippen LogP contribution >= 0.6 is 34.8 Å². The van der Waals surface area contributed by atoms with Gasteiger partial charge in [0, 0.05) is 50.0 Å². The van der Waals surface area contributed by atoms with Gasteiger partial charge in [-0.15, -0.1) is 0 Å². The van der Waals surface area contributed by atoms with Crippen molar-refractivity contribution < 1.29 is 29.2 Å². The molecule has 0 amide bonds. The first-order valence-corrected chi connectivity index (χ1v) is 11.7. The number of aliphatic hydroxyl groups excluding tert-OH is 1. The fourth-order valence-electron chi connectivity index (χ4n) is 4.23. The number of aliphatic hydroxyl groups is 1. The molecule has 1 unspecified atom stereocenters. The van der Waals surface area contributed by atoms with E-state index in [9.17, 15) is 9.90 Å². The number of hydrogen-bond acceptors (Lipinski definition) is 6. The minimum Gasteiger partial charge on any atom is -0.489 e. The zero-order chi connectivity index (χ0) is 23.6. The van der Waals surface area contributed by atoms with Gasteiger partial charge in [-0.05, 0) is 29.8 Å². The first kappa shape index (κ1) is 24.2. The molecule has 2 aliphatic rings. The molecule has 0 aliphatic carbocycles. The Bertz CT molecular complexity index is 1030. The number of likely N-dealkylation sites (tertiary alicyclic amines) is 1. The average molecular weight is 517 g/mol. The smallest absolute Gasteiger partial charge is 0.341 e. The molecule has 178 valence electrons. The number of hydrogen-bond donors (Lipinski definition) is 2. The summed E-state index contributed by atoms with van der Waals surface area (Å²) in [7, 11) is 0. The highest BCUT2D eigenvalue weighted by molar-refractivity contribution is 6.36. The molecule has 10 heteroatoms. The minimum absolute atomic E-state index is 0.0157. The van der Waals surface area contributed by atoms with E-state index in [2.05, 4.69) is 4.90 Å². The second-order valence-corrected chi connectivity index (χ2v) is 9.63. The molecule has 1 spiro atoms. The second kappa shape index (κ2) is 10.2. The molecule has 2 N–H and O–H groups in total. The first-order chi connectivity index (χ1) is 15.7. The van der Waals surface area contributed by atoms with Gasteiger partial charge in [-0.2, -0.15) is 0 Å². The Morgan fingerprint density at radius 2 is 1.79 bits per heavy atom. The van der Waals surface area contributed by atoms with E-state index in [-0.39, 0.29) is 33.8 Å². The highest BCUT2D eigenvalue weighted by atomic mass is 35.5. The van der Waals surface area contributed by atoms with Crippen LogP contribution in [0.2, 0.25) is 15.1 Å². The topological polar surface area (TPSA) is 88.5 Å². The predicted molar refractivity (Wildman–Crippen MR) is 125 cm³/mol. The zero-order valence-electron chi connectivity index (χ0n) is 17.7. The van der Waals surface area contributed by atoms with Crippen molar-refractivity contribution in [1.29, 1.82) is 0 Å². The number of benzene rings is 2. The van der Waals surface area contributed by atoms with E-state index in [0.29, 0.717) is 6.54 Å². The van der Waals surface area contributed by atoms with Gasteiger partial charge in [0.05, 0.1) is 10.0 Å². The molecular weight excluding hydrogens is 493 g/mol. The third kappa shape index (κ3) is 5.97. The largest absolute Gasteiger partial charge is 0.489 e. The Balaban J connectivity index is 1.26. The summed E-state index contributed by atoms with van der Waals surface area (Å²) in [5.41, 5.74) is 0.949. The van der Waals surface area contributed by atoms with Crippen LogP contribution in [0.15, 0.2) is 30.3 Å². The normalized spacial score (nSPS) is 17.9. The van der Waals surface area contributed by atoms with Crippen molar-refractivity contribution in [3.63, 3.8) is 0 Å². The van der Waals surface area contributed by atoms with Gasteiger partial charge in [-0.25, -0.2) is 4.79 Å². The lowest BCUT2D eigenvalue weighted by molar-refractivity contribution is -0.139. The van der Waals surface area contributed by atoms with Crippen molar-refractivity contribution in [2.75, 3.05) is 32.8 Å². The molecule has 33 heavy (non-hydrogen) atoms. The van der Waals surface area contributed by atoms with Crippen LogP contribution in [0.3, 0.4) is 0 Å². The monoisotopic (exact) mass is 515 g/mol. The maximum absolute atomic E-state index is 10.7.